The second-order valence-corrected chi connectivity index (χ2v) is 6.04. The monoisotopic (exact) mass is 355 g/mol. The van der Waals surface area contributed by atoms with Crippen molar-refractivity contribution in [2.75, 3.05) is 39.7 Å². The van der Waals surface area contributed by atoms with Crippen LogP contribution in [-0.2, 0) is 9.59 Å². The number of ether oxygens (including phenoxy) is 2. The number of nitrogens with zero attached hydrogens (tertiary/aromatic N) is 1. The number of benzene rings is 1. The van der Waals surface area contributed by atoms with Crippen molar-refractivity contribution in [3.05, 3.63) is 17.2 Å². The summed E-state index contributed by atoms with van der Waals surface area (Å²) in [6.07, 6.45) is 2.03. The summed E-state index contributed by atoms with van der Waals surface area (Å²) in [5, 5.41) is 6.25. The molecule has 1 fully saturated rings. The van der Waals surface area contributed by atoms with E-state index < -0.39 is 0 Å². The first-order chi connectivity index (χ1) is 11.4. The second kappa shape index (κ2) is 8.10. The Labute approximate surface area is 146 Å². The molecule has 0 radical (unpaired) electrons. The van der Waals surface area contributed by atoms with Crippen LogP contribution in [0.3, 0.4) is 0 Å². The van der Waals surface area contributed by atoms with Gasteiger partial charge in [-0.3, -0.25) is 9.59 Å². The van der Waals surface area contributed by atoms with Crippen LogP contribution in [0.5, 0.6) is 11.5 Å². The molecule has 1 saturated carbocycles. The van der Waals surface area contributed by atoms with Crippen LogP contribution in [0.4, 0.5) is 5.69 Å². The summed E-state index contributed by atoms with van der Waals surface area (Å²) in [5.41, 5.74) is 0.586. The fourth-order valence-corrected chi connectivity index (χ4v) is 2.34. The zero-order valence-corrected chi connectivity index (χ0v) is 14.8. The van der Waals surface area contributed by atoms with Gasteiger partial charge in [-0.15, -0.1) is 0 Å². The molecule has 1 aromatic rings. The maximum absolute atomic E-state index is 12.2. The van der Waals surface area contributed by atoms with Crippen LogP contribution in [0.2, 0.25) is 5.02 Å². The molecular weight excluding hydrogens is 334 g/mol. The molecule has 2 amide bonds. The standard InChI is InChI=1S/C16H22ClN3O4/c1-20(9-15(21)19-10-4-5-10)16(22)8-18-12-7-13(23-2)11(17)6-14(12)24-3/h6-7,10,18H,4-5,8-9H2,1-3H3,(H,19,21). The third-order valence-corrected chi connectivity index (χ3v) is 3.95. The Morgan fingerprint density at radius 1 is 1.25 bits per heavy atom. The van der Waals surface area contributed by atoms with Crippen molar-refractivity contribution in [3.8, 4) is 11.5 Å². The summed E-state index contributed by atoms with van der Waals surface area (Å²) in [6.45, 7) is 0.0619. The van der Waals surface area contributed by atoms with Crippen LogP contribution < -0.4 is 20.1 Å². The molecule has 132 valence electrons. The number of hydrogen-bond acceptors (Lipinski definition) is 5. The number of hydrogen-bond donors (Lipinski definition) is 2. The maximum atomic E-state index is 12.2. The normalized spacial score (nSPS) is 13.2. The minimum Gasteiger partial charge on any atom is -0.495 e. The van der Waals surface area contributed by atoms with E-state index in [4.69, 9.17) is 21.1 Å². The highest BCUT2D eigenvalue weighted by atomic mass is 35.5. The molecule has 1 aliphatic carbocycles. The van der Waals surface area contributed by atoms with E-state index in [2.05, 4.69) is 10.6 Å². The lowest BCUT2D eigenvalue weighted by Crippen LogP contribution is -2.41. The summed E-state index contributed by atoms with van der Waals surface area (Å²) in [5.74, 6) is 0.628. The molecule has 8 heteroatoms. The van der Waals surface area contributed by atoms with Crippen LogP contribution >= 0.6 is 11.6 Å². The van der Waals surface area contributed by atoms with Crippen LogP contribution in [-0.4, -0.2) is 57.1 Å². The van der Waals surface area contributed by atoms with Gasteiger partial charge in [0.1, 0.15) is 11.5 Å². The lowest BCUT2D eigenvalue weighted by Gasteiger charge is -2.18. The molecule has 0 spiro atoms. The predicted octanol–water partition coefficient (Wildman–Crippen LogP) is 1.51. The van der Waals surface area contributed by atoms with Gasteiger partial charge in [-0.2, -0.15) is 0 Å². The molecule has 1 aliphatic rings. The third kappa shape index (κ3) is 4.92. The van der Waals surface area contributed by atoms with E-state index in [1.807, 2.05) is 0 Å². The molecule has 0 aromatic heterocycles. The van der Waals surface area contributed by atoms with E-state index in [-0.39, 0.29) is 30.9 Å². The van der Waals surface area contributed by atoms with Gasteiger partial charge in [0.05, 0.1) is 38.0 Å². The molecule has 0 bridgehead atoms. The maximum Gasteiger partial charge on any atom is 0.242 e. The van der Waals surface area contributed by atoms with Gasteiger partial charge in [0.2, 0.25) is 11.8 Å². The minimum absolute atomic E-state index is 0.0222. The Morgan fingerprint density at radius 3 is 2.50 bits per heavy atom. The van der Waals surface area contributed by atoms with Crippen LogP contribution in [0.1, 0.15) is 12.8 Å². The molecule has 0 saturated heterocycles. The lowest BCUT2D eigenvalue weighted by atomic mass is 10.2. The van der Waals surface area contributed by atoms with Gasteiger partial charge >= 0.3 is 0 Å². The molecule has 0 heterocycles. The number of amides is 2. The van der Waals surface area contributed by atoms with Crippen molar-refractivity contribution in [1.29, 1.82) is 0 Å². The number of anilines is 1. The molecule has 0 unspecified atom stereocenters. The summed E-state index contributed by atoms with van der Waals surface area (Å²) in [4.78, 5) is 25.3. The minimum atomic E-state index is -0.211. The molecule has 2 rings (SSSR count). The van der Waals surface area contributed by atoms with Crippen molar-refractivity contribution in [2.45, 2.75) is 18.9 Å². The van der Waals surface area contributed by atoms with Crippen molar-refractivity contribution in [1.82, 2.24) is 10.2 Å². The zero-order chi connectivity index (χ0) is 17.7. The van der Waals surface area contributed by atoms with Crippen molar-refractivity contribution < 1.29 is 19.1 Å². The number of halogens is 1. The van der Waals surface area contributed by atoms with Gasteiger partial charge in [0, 0.05) is 25.2 Å². The highest BCUT2D eigenvalue weighted by Crippen LogP contribution is 2.35. The van der Waals surface area contributed by atoms with E-state index in [9.17, 15) is 9.59 Å². The molecule has 24 heavy (non-hydrogen) atoms. The fraction of sp³-hybridized carbons (Fsp3) is 0.500. The van der Waals surface area contributed by atoms with Gasteiger partial charge < -0.3 is 25.0 Å². The van der Waals surface area contributed by atoms with E-state index >= 15 is 0 Å². The number of carbonyl (C=O) groups is 2. The lowest BCUT2D eigenvalue weighted by molar-refractivity contribution is -0.133. The topological polar surface area (TPSA) is 79.9 Å². The van der Waals surface area contributed by atoms with E-state index in [0.717, 1.165) is 12.8 Å². The van der Waals surface area contributed by atoms with Crippen LogP contribution in [0.15, 0.2) is 12.1 Å². The summed E-state index contributed by atoms with van der Waals surface area (Å²) >= 11 is 6.04. The van der Waals surface area contributed by atoms with Gasteiger partial charge in [-0.25, -0.2) is 0 Å². The van der Waals surface area contributed by atoms with E-state index in [0.29, 0.717) is 22.2 Å². The Bertz CT molecular complexity index is 620. The third-order valence-electron chi connectivity index (χ3n) is 3.65. The molecule has 7 nitrogen and oxygen atoms in total. The van der Waals surface area contributed by atoms with Crippen LogP contribution in [0.25, 0.3) is 0 Å². The summed E-state index contributed by atoms with van der Waals surface area (Å²) < 4.78 is 10.4. The van der Waals surface area contributed by atoms with Gasteiger partial charge in [0.25, 0.3) is 0 Å². The Kier molecular flexibility index (Phi) is 6.14. The van der Waals surface area contributed by atoms with Crippen molar-refractivity contribution in [3.63, 3.8) is 0 Å². The number of rotatable bonds is 8. The van der Waals surface area contributed by atoms with Crippen molar-refractivity contribution >= 4 is 29.1 Å². The van der Waals surface area contributed by atoms with Gasteiger partial charge in [-0.05, 0) is 12.8 Å². The first-order valence-electron chi connectivity index (χ1n) is 7.63. The van der Waals surface area contributed by atoms with Gasteiger partial charge in [-0.1, -0.05) is 11.6 Å². The Balaban J connectivity index is 1.91. The van der Waals surface area contributed by atoms with Crippen molar-refractivity contribution in [2.24, 2.45) is 0 Å². The molecule has 1 aromatic carbocycles. The predicted molar refractivity (Wildman–Crippen MR) is 91.8 cm³/mol. The number of likely N-dealkylation sites (N-methyl/N-ethyl adjacent to an activating group) is 1. The summed E-state index contributed by atoms with van der Waals surface area (Å²) in [7, 11) is 4.62. The highest BCUT2D eigenvalue weighted by Gasteiger charge is 2.24. The van der Waals surface area contributed by atoms with Crippen LogP contribution in [0, 0.1) is 0 Å². The first-order valence-corrected chi connectivity index (χ1v) is 8.01. The first kappa shape index (κ1) is 18.2. The smallest absolute Gasteiger partial charge is 0.242 e. The second-order valence-electron chi connectivity index (χ2n) is 5.63. The Hall–Kier alpha value is -2.15. The molecular formula is C16H22ClN3O4. The quantitative estimate of drug-likeness (QED) is 0.739. The average Bonchev–Trinajstić information content (AvgIpc) is 3.36. The fourth-order valence-electron chi connectivity index (χ4n) is 2.11. The SMILES string of the molecule is COc1cc(NCC(=O)N(C)CC(=O)NC2CC2)c(OC)cc1Cl. The van der Waals surface area contributed by atoms with Gasteiger partial charge in [0.15, 0.2) is 0 Å². The molecule has 0 aliphatic heterocycles. The Morgan fingerprint density at radius 2 is 1.92 bits per heavy atom. The molecule has 2 N–H and O–H groups in total. The largest absolute Gasteiger partial charge is 0.495 e. The van der Waals surface area contributed by atoms with E-state index in [1.54, 1.807) is 19.2 Å². The number of methoxy groups -OCH3 is 2. The molecule has 0 atom stereocenters. The number of carbonyl (C=O) groups excluding carboxylic acids is 2. The summed E-state index contributed by atoms with van der Waals surface area (Å²) in [6, 6.07) is 3.55. The van der Waals surface area contributed by atoms with E-state index in [1.165, 1.54) is 19.1 Å². The average molecular weight is 356 g/mol. The zero-order valence-electron chi connectivity index (χ0n) is 14.0. The number of nitrogens with one attached hydrogen (secondary N) is 2. The highest BCUT2D eigenvalue weighted by molar-refractivity contribution is 6.32.